The number of halogens is 2. The summed E-state index contributed by atoms with van der Waals surface area (Å²) in [4.78, 5) is 20.8. The molecule has 1 aromatic carbocycles. The number of piperazine rings is 1. The Hall–Kier alpha value is -3.15. The monoisotopic (exact) mass is 535 g/mol. The van der Waals surface area contributed by atoms with Gasteiger partial charge < -0.3 is 14.5 Å². The lowest BCUT2D eigenvalue weighted by Crippen LogP contribution is -2.50. The van der Waals surface area contributed by atoms with Crippen LogP contribution >= 0.6 is 0 Å². The number of carbonyl (C=O) groups is 1. The Morgan fingerprint density at radius 3 is 2.35 bits per heavy atom. The van der Waals surface area contributed by atoms with Gasteiger partial charge in [-0.3, -0.25) is 4.72 Å². The second-order valence-corrected chi connectivity index (χ2v) is 12.5. The predicted octanol–water partition coefficient (Wildman–Crippen LogP) is 4.11. The lowest BCUT2D eigenvalue weighted by Gasteiger charge is -2.36. The van der Waals surface area contributed by atoms with Gasteiger partial charge in [0.15, 0.2) is 5.82 Å². The van der Waals surface area contributed by atoms with E-state index in [2.05, 4.69) is 14.6 Å². The molecule has 1 amide bonds. The first-order valence-corrected chi connectivity index (χ1v) is 13.7. The number of nitrogens with zero attached hydrogens (tertiary/aromatic N) is 4. The van der Waals surface area contributed by atoms with Crippen LogP contribution in [0.4, 0.5) is 30.8 Å². The number of rotatable bonds is 4. The van der Waals surface area contributed by atoms with Gasteiger partial charge in [0.05, 0.1) is 11.4 Å². The number of anilines is 3. The molecule has 0 spiro atoms. The fourth-order valence-electron chi connectivity index (χ4n) is 4.62. The van der Waals surface area contributed by atoms with Gasteiger partial charge in [-0.05, 0) is 51.0 Å². The number of alkyl halides is 2. The average Bonchev–Trinajstić information content (AvgIpc) is 3.35. The topological polar surface area (TPSA) is 95.1 Å². The van der Waals surface area contributed by atoms with Crippen molar-refractivity contribution in [1.29, 1.82) is 0 Å². The van der Waals surface area contributed by atoms with Crippen molar-refractivity contribution in [3.63, 3.8) is 0 Å². The van der Waals surface area contributed by atoms with Crippen LogP contribution in [0.15, 0.2) is 30.3 Å². The zero-order chi connectivity index (χ0) is 26.8. The molecule has 1 aliphatic carbocycles. The molecule has 0 radical (unpaired) electrons. The second kappa shape index (κ2) is 8.71. The Labute approximate surface area is 215 Å². The molecule has 1 saturated carbocycles. The molecule has 200 valence electrons. The van der Waals surface area contributed by atoms with Crippen molar-refractivity contribution >= 4 is 33.5 Å². The summed E-state index contributed by atoms with van der Waals surface area (Å²) in [5.74, 6) is -3.31. The minimum absolute atomic E-state index is 0.0707. The van der Waals surface area contributed by atoms with Crippen LogP contribution in [0.2, 0.25) is 0 Å². The number of nitrogens with one attached hydrogen (secondary N) is 1. The number of aromatic nitrogens is 1. The van der Waals surface area contributed by atoms with Gasteiger partial charge in [0.25, 0.3) is 5.92 Å². The van der Waals surface area contributed by atoms with E-state index < -0.39 is 27.7 Å². The van der Waals surface area contributed by atoms with Crippen LogP contribution in [-0.2, 0) is 21.4 Å². The van der Waals surface area contributed by atoms with Crippen molar-refractivity contribution in [2.75, 3.05) is 47.2 Å². The molecule has 37 heavy (non-hydrogen) atoms. The third-order valence-corrected chi connectivity index (χ3v) is 8.21. The first kappa shape index (κ1) is 25.5. The smallest absolute Gasteiger partial charge is 0.410 e. The molecular weight excluding hydrogens is 504 g/mol. The first-order chi connectivity index (χ1) is 17.2. The standard InChI is InChI=1S/C25H31F2N5O4S/c1-24(2,3)36-23(33)32-11-9-31(10-12-32)19-7-5-16(6-8-19)20-14-17(13-18-15-25(18,26)27)21-22(28-20)30(4)37(34,35)29-21/h5-8,14,18,29H,9-13,15H2,1-4H3. The van der Waals surface area contributed by atoms with E-state index in [1.165, 1.54) is 7.05 Å². The number of pyridine rings is 1. The Kier molecular flexibility index (Phi) is 6.00. The fraction of sp³-hybridized carbons (Fsp3) is 0.520. The molecule has 2 aliphatic heterocycles. The van der Waals surface area contributed by atoms with Crippen molar-refractivity contribution in [1.82, 2.24) is 9.88 Å². The highest BCUT2D eigenvalue weighted by Gasteiger charge is 2.56. The van der Waals surface area contributed by atoms with Crippen LogP contribution in [0, 0.1) is 5.92 Å². The Bertz CT molecular complexity index is 1320. The molecule has 2 fully saturated rings. The number of ether oxygens (including phenoxy) is 1. The number of carbonyl (C=O) groups excluding carboxylic acids is 1. The number of amides is 1. The average molecular weight is 536 g/mol. The third-order valence-electron chi connectivity index (χ3n) is 6.85. The van der Waals surface area contributed by atoms with Crippen molar-refractivity contribution in [3.05, 3.63) is 35.9 Å². The summed E-state index contributed by atoms with van der Waals surface area (Å²) in [6.07, 6.45) is -0.439. The van der Waals surface area contributed by atoms with Crippen molar-refractivity contribution in [3.8, 4) is 11.3 Å². The van der Waals surface area contributed by atoms with Crippen molar-refractivity contribution < 1.29 is 26.7 Å². The van der Waals surface area contributed by atoms with E-state index in [4.69, 9.17) is 4.74 Å². The number of hydrogen-bond acceptors (Lipinski definition) is 6. The maximum atomic E-state index is 13.7. The summed E-state index contributed by atoms with van der Waals surface area (Å²) in [7, 11) is -2.41. The summed E-state index contributed by atoms with van der Waals surface area (Å²) in [6.45, 7) is 7.94. The van der Waals surface area contributed by atoms with E-state index in [0.29, 0.717) is 37.4 Å². The third kappa shape index (κ3) is 5.16. The van der Waals surface area contributed by atoms with Crippen molar-refractivity contribution in [2.24, 2.45) is 5.92 Å². The van der Waals surface area contributed by atoms with Crippen LogP contribution in [0.5, 0.6) is 0 Å². The lowest BCUT2D eigenvalue weighted by molar-refractivity contribution is 0.0240. The lowest BCUT2D eigenvalue weighted by atomic mass is 10.0. The zero-order valence-corrected chi connectivity index (χ0v) is 22.1. The van der Waals surface area contributed by atoms with E-state index in [1.54, 1.807) is 11.0 Å². The normalized spacial score (nSPS) is 21.9. The summed E-state index contributed by atoms with van der Waals surface area (Å²) >= 11 is 0. The van der Waals surface area contributed by atoms with Crippen LogP contribution in [0.25, 0.3) is 11.3 Å². The summed E-state index contributed by atoms with van der Waals surface area (Å²) < 4.78 is 61.0. The number of fused-ring (bicyclic) bond motifs is 1. The van der Waals surface area contributed by atoms with Gasteiger partial charge in [0.2, 0.25) is 0 Å². The summed E-state index contributed by atoms with van der Waals surface area (Å²) in [5.41, 5.74) is 2.49. The number of benzene rings is 1. The van der Waals surface area contributed by atoms with Gasteiger partial charge in [0, 0.05) is 56.8 Å². The van der Waals surface area contributed by atoms with E-state index in [9.17, 15) is 22.0 Å². The van der Waals surface area contributed by atoms with Gasteiger partial charge in [-0.15, -0.1) is 0 Å². The second-order valence-electron chi connectivity index (χ2n) is 10.8. The molecule has 5 rings (SSSR count). The van der Waals surface area contributed by atoms with Gasteiger partial charge in [-0.2, -0.15) is 8.42 Å². The molecule has 3 aliphatic rings. The van der Waals surface area contributed by atoms with Crippen LogP contribution in [0.3, 0.4) is 0 Å². The van der Waals surface area contributed by atoms with Gasteiger partial charge in [-0.1, -0.05) is 12.1 Å². The summed E-state index contributed by atoms with van der Waals surface area (Å²) in [5, 5.41) is 0. The predicted molar refractivity (Wildman–Crippen MR) is 137 cm³/mol. The van der Waals surface area contributed by atoms with E-state index in [0.717, 1.165) is 15.6 Å². The molecule has 3 heterocycles. The molecule has 1 N–H and O–H groups in total. The minimum Gasteiger partial charge on any atom is -0.444 e. The highest BCUT2D eigenvalue weighted by molar-refractivity contribution is 7.94. The first-order valence-electron chi connectivity index (χ1n) is 12.3. The molecule has 1 saturated heterocycles. The molecule has 2 aromatic rings. The molecule has 1 aromatic heterocycles. The van der Waals surface area contributed by atoms with Crippen LogP contribution < -0.4 is 13.9 Å². The molecule has 9 nitrogen and oxygen atoms in total. The van der Waals surface area contributed by atoms with Crippen LogP contribution in [-0.4, -0.2) is 69.1 Å². The van der Waals surface area contributed by atoms with E-state index in [1.807, 2.05) is 45.0 Å². The van der Waals surface area contributed by atoms with E-state index >= 15 is 0 Å². The number of hydrogen-bond donors (Lipinski definition) is 1. The molecule has 1 unspecified atom stereocenters. The SMILES string of the molecule is CN1c2nc(-c3ccc(N4CCN(C(=O)OC(C)(C)C)CC4)cc3)cc(CC3CC3(F)F)c2NS1(=O)=O. The quantitative estimate of drug-likeness (QED) is 0.633. The zero-order valence-electron chi connectivity index (χ0n) is 21.3. The largest absolute Gasteiger partial charge is 0.444 e. The van der Waals surface area contributed by atoms with Gasteiger partial charge >= 0.3 is 16.3 Å². The molecule has 1 atom stereocenters. The fourth-order valence-corrected chi connectivity index (χ4v) is 5.59. The Morgan fingerprint density at radius 1 is 1.16 bits per heavy atom. The van der Waals surface area contributed by atoms with Crippen LogP contribution in [0.1, 0.15) is 32.8 Å². The minimum atomic E-state index is -3.80. The maximum absolute atomic E-state index is 13.7. The van der Waals surface area contributed by atoms with Gasteiger partial charge in [0.1, 0.15) is 5.60 Å². The maximum Gasteiger partial charge on any atom is 0.410 e. The molecular formula is C25H31F2N5O4S. The van der Waals surface area contributed by atoms with E-state index in [-0.39, 0.29) is 30.4 Å². The van der Waals surface area contributed by atoms with Crippen molar-refractivity contribution in [2.45, 2.75) is 45.1 Å². The Morgan fingerprint density at radius 2 is 1.78 bits per heavy atom. The highest BCUT2D eigenvalue weighted by Crippen LogP contribution is 2.52. The molecule has 0 bridgehead atoms. The molecule has 12 heteroatoms. The van der Waals surface area contributed by atoms with Gasteiger partial charge in [-0.25, -0.2) is 22.9 Å². The summed E-state index contributed by atoms with van der Waals surface area (Å²) in [6, 6.07) is 9.36. The highest BCUT2D eigenvalue weighted by atomic mass is 32.2. The Balaban J connectivity index is 1.33.